The van der Waals surface area contributed by atoms with Crippen molar-refractivity contribution in [2.45, 2.75) is 45.6 Å². The lowest BCUT2D eigenvalue weighted by Crippen LogP contribution is -2.33. The molecule has 1 saturated carbocycles. The van der Waals surface area contributed by atoms with Gasteiger partial charge in [0, 0.05) is 18.8 Å². The highest BCUT2D eigenvalue weighted by molar-refractivity contribution is 5.52. The fraction of sp³-hybridized carbons (Fsp3) is 0.647. The van der Waals surface area contributed by atoms with Gasteiger partial charge in [0.1, 0.15) is 0 Å². The highest BCUT2D eigenvalue weighted by atomic mass is 16.5. The fourth-order valence-electron chi connectivity index (χ4n) is 3.02. The summed E-state index contributed by atoms with van der Waals surface area (Å²) in [6, 6.07) is 9.26. The van der Waals surface area contributed by atoms with Gasteiger partial charge in [-0.3, -0.25) is 0 Å². The Morgan fingerprint density at radius 3 is 2.79 bits per heavy atom. The fourth-order valence-corrected chi connectivity index (χ4v) is 3.02. The summed E-state index contributed by atoms with van der Waals surface area (Å²) in [7, 11) is 1.76. The first-order chi connectivity index (χ1) is 9.20. The molecule has 0 spiro atoms. The van der Waals surface area contributed by atoms with Crippen LogP contribution in [0.15, 0.2) is 24.3 Å². The van der Waals surface area contributed by atoms with E-state index in [1.807, 2.05) is 0 Å². The molecule has 0 aliphatic heterocycles. The average Bonchev–Trinajstić information content (AvgIpc) is 2.42. The molecule has 19 heavy (non-hydrogen) atoms. The number of anilines is 1. The van der Waals surface area contributed by atoms with E-state index in [-0.39, 0.29) is 0 Å². The molecule has 0 radical (unpaired) electrons. The maximum atomic E-state index is 5.20. The van der Waals surface area contributed by atoms with Crippen LogP contribution in [-0.4, -0.2) is 19.8 Å². The molecular formula is C17H27NO. The van der Waals surface area contributed by atoms with Gasteiger partial charge in [-0.1, -0.05) is 38.5 Å². The van der Waals surface area contributed by atoms with E-state index in [2.05, 4.69) is 43.4 Å². The van der Waals surface area contributed by atoms with E-state index in [1.54, 1.807) is 7.11 Å². The number of hydrogen-bond acceptors (Lipinski definition) is 2. The lowest BCUT2D eigenvalue weighted by Gasteiger charge is -2.34. The number of benzene rings is 1. The third-order valence-corrected chi connectivity index (χ3v) is 4.39. The van der Waals surface area contributed by atoms with Crippen LogP contribution >= 0.6 is 0 Å². The topological polar surface area (TPSA) is 21.3 Å². The van der Waals surface area contributed by atoms with Gasteiger partial charge in [-0.15, -0.1) is 0 Å². The van der Waals surface area contributed by atoms with E-state index in [9.17, 15) is 0 Å². The summed E-state index contributed by atoms with van der Waals surface area (Å²) >= 11 is 0. The molecule has 2 nitrogen and oxygen atoms in total. The molecule has 0 aromatic heterocycles. The number of para-hydroxylation sites is 1. The average molecular weight is 261 g/mol. The third kappa shape index (κ3) is 3.97. The highest BCUT2D eigenvalue weighted by Crippen LogP contribution is 2.31. The summed E-state index contributed by atoms with van der Waals surface area (Å²) in [5, 5.41) is 3.78. The summed E-state index contributed by atoms with van der Waals surface area (Å²) in [6.45, 7) is 5.54. The molecule has 3 unspecified atom stereocenters. The van der Waals surface area contributed by atoms with Crippen LogP contribution in [0.2, 0.25) is 0 Å². The predicted molar refractivity (Wildman–Crippen MR) is 81.6 cm³/mol. The third-order valence-electron chi connectivity index (χ3n) is 4.39. The summed E-state index contributed by atoms with van der Waals surface area (Å²) in [5.74, 6) is 1.62. The molecule has 1 aromatic rings. The van der Waals surface area contributed by atoms with Crippen LogP contribution in [0, 0.1) is 11.8 Å². The van der Waals surface area contributed by atoms with Gasteiger partial charge in [0.15, 0.2) is 0 Å². The second kappa shape index (κ2) is 6.95. The maximum absolute atomic E-state index is 5.20. The Kier molecular flexibility index (Phi) is 5.26. The van der Waals surface area contributed by atoms with Gasteiger partial charge in [0.05, 0.1) is 6.61 Å². The van der Waals surface area contributed by atoms with E-state index in [0.717, 1.165) is 24.9 Å². The quantitative estimate of drug-likeness (QED) is 0.861. The van der Waals surface area contributed by atoms with Crippen molar-refractivity contribution in [2.24, 2.45) is 11.8 Å². The molecule has 0 amide bonds. The molecule has 2 rings (SSSR count). The molecule has 106 valence electrons. The Bertz CT molecular complexity index is 391. The zero-order valence-electron chi connectivity index (χ0n) is 12.5. The molecule has 1 fully saturated rings. The lowest BCUT2D eigenvalue weighted by atomic mass is 9.80. The smallest absolute Gasteiger partial charge is 0.0503 e. The van der Waals surface area contributed by atoms with Crippen LogP contribution in [0.4, 0.5) is 5.69 Å². The number of rotatable bonds is 5. The minimum Gasteiger partial charge on any atom is -0.384 e. The van der Waals surface area contributed by atoms with E-state index >= 15 is 0 Å². The second-order valence-corrected chi connectivity index (χ2v) is 6.05. The van der Waals surface area contributed by atoms with Crippen molar-refractivity contribution in [1.29, 1.82) is 0 Å². The Morgan fingerprint density at radius 2 is 2.00 bits per heavy atom. The van der Waals surface area contributed by atoms with Crippen molar-refractivity contribution in [1.82, 2.24) is 0 Å². The molecule has 2 heteroatoms. The summed E-state index contributed by atoms with van der Waals surface area (Å²) < 4.78 is 5.20. The molecule has 1 aromatic carbocycles. The lowest BCUT2D eigenvalue weighted by molar-refractivity contribution is 0.202. The number of hydrogen-bond donors (Lipinski definition) is 1. The van der Waals surface area contributed by atoms with Crippen molar-refractivity contribution in [3.05, 3.63) is 29.8 Å². The van der Waals surface area contributed by atoms with Crippen molar-refractivity contribution in [3.8, 4) is 0 Å². The van der Waals surface area contributed by atoms with E-state index in [4.69, 9.17) is 4.74 Å². The molecule has 1 aliphatic carbocycles. The van der Waals surface area contributed by atoms with Gasteiger partial charge in [-0.25, -0.2) is 0 Å². The molecule has 0 saturated heterocycles. The SMILES string of the molecule is COCCc1ccccc1NC1CC(C)CCC1C. The maximum Gasteiger partial charge on any atom is 0.0503 e. The van der Waals surface area contributed by atoms with Crippen LogP contribution in [0.3, 0.4) is 0 Å². The Morgan fingerprint density at radius 1 is 1.21 bits per heavy atom. The van der Waals surface area contributed by atoms with Crippen molar-refractivity contribution in [2.75, 3.05) is 19.0 Å². The Balaban J connectivity index is 2.04. The summed E-state index contributed by atoms with van der Waals surface area (Å²) in [5.41, 5.74) is 2.67. The van der Waals surface area contributed by atoms with E-state index < -0.39 is 0 Å². The number of nitrogens with one attached hydrogen (secondary N) is 1. The number of methoxy groups -OCH3 is 1. The zero-order chi connectivity index (χ0) is 13.7. The van der Waals surface area contributed by atoms with Crippen LogP contribution in [0.5, 0.6) is 0 Å². The van der Waals surface area contributed by atoms with E-state index in [1.165, 1.54) is 30.5 Å². The van der Waals surface area contributed by atoms with Crippen LogP contribution in [-0.2, 0) is 11.2 Å². The predicted octanol–water partition coefficient (Wildman–Crippen LogP) is 4.11. The van der Waals surface area contributed by atoms with Gasteiger partial charge in [-0.2, -0.15) is 0 Å². The van der Waals surface area contributed by atoms with Crippen LogP contribution < -0.4 is 5.32 Å². The van der Waals surface area contributed by atoms with Crippen LogP contribution in [0.1, 0.15) is 38.7 Å². The molecule has 3 atom stereocenters. The molecular weight excluding hydrogens is 234 g/mol. The number of ether oxygens (including phenoxy) is 1. The van der Waals surface area contributed by atoms with Gasteiger partial charge in [-0.05, 0) is 42.7 Å². The second-order valence-electron chi connectivity index (χ2n) is 6.05. The van der Waals surface area contributed by atoms with E-state index in [0.29, 0.717) is 6.04 Å². The van der Waals surface area contributed by atoms with Gasteiger partial charge in [0.2, 0.25) is 0 Å². The first kappa shape index (κ1) is 14.4. The summed E-state index contributed by atoms with van der Waals surface area (Å²) in [6.07, 6.45) is 5.00. The summed E-state index contributed by atoms with van der Waals surface area (Å²) in [4.78, 5) is 0. The van der Waals surface area contributed by atoms with Gasteiger partial charge >= 0.3 is 0 Å². The van der Waals surface area contributed by atoms with Crippen molar-refractivity contribution >= 4 is 5.69 Å². The van der Waals surface area contributed by atoms with Gasteiger partial charge in [0.25, 0.3) is 0 Å². The minimum atomic E-state index is 0.618. The zero-order valence-corrected chi connectivity index (χ0v) is 12.5. The monoisotopic (exact) mass is 261 g/mol. The highest BCUT2D eigenvalue weighted by Gasteiger charge is 2.25. The van der Waals surface area contributed by atoms with Crippen molar-refractivity contribution in [3.63, 3.8) is 0 Å². The molecule has 1 N–H and O–H groups in total. The largest absolute Gasteiger partial charge is 0.384 e. The molecule has 1 aliphatic rings. The first-order valence-electron chi connectivity index (χ1n) is 7.54. The van der Waals surface area contributed by atoms with Crippen LogP contribution in [0.25, 0.3) is 0 Å². The molecule has 0 bridgehead atoms. The molecule has 0 heterocycles. The Hall–Kier alpha value is -1.02. The Labute approximate surface area is 117 Å². The van der Waals surface area contributed by atoms with Crippen molar-refractivity contribution < 1.29 is 4.74 Å². The standard InChI is InChI=1S/C17H27NO/c1-13-8-9-14(2)17(12-13)18-16-7-5-4-6-15(16)10-11-19-3/h4-7,13-14,17-18H,8-12H2,1-3H3. The van der Waals surface area contributed by atoms with Gasteiger partial charge < -0.3 is 10.1 Å². The minimum absolute atomic E-state index is 0.618. The normalized spacial score (nSPS) is 27.2. The first-order valence-corrected chi connectivity index (χ1v) is 7.54.